The van der Waals surface area contributed by atoms with Crippen molar-refractivity contribution in [1.29, 1.82) is 0 Å². The lowest BCUT2D eigenvalue weighted by Crippen LogP contribution is -2.32. The minimum absolute atomic E-state index is 0.0736. The van der Waals surface area contributed by atoms with E-state index < -0.39 is 0 Å². The Kier molecular flexibility index (Phi) is 0.841. The number of rotatable bonds is 2. The molecule has 3 fully saturated rings. The molecule has 1 N–H and O–H groups in total. The van der Waals surface area contributed by atoms with Crippen molar-refractivity contribution in [2.75, 3.05) is 13.7 Å². The SMILES string of the molecule is COCC12c3n[nH]c(=O)cc3C3C4(C)C1C324. The van der Waals surface area contributed by atoms with Gasteiger partial charge < -0.3 is 4.74 Å². The molecule has 3 saturated carbocycles. The summed E-state index contributed by atoms with van der Waals surface area (Å²) in [5, 5.41) is 6.85. The molecule has 16 heavy (non-hydrogen) atoms. The Bertz CT molecular complexity index is 624. The summed E-state index contributed by atoms with van der Waals surface area (Å²) in [5.41, 5.74) is 3.36. The van der Waals surface area contributed by atoms with Crippen LogP contribution in [-0.2, 0) is 10.2 Å². The molecule has 82 valence electrons. The van der Waals surface area contributed by atoms with Gasteiger partial charge in [0.1, 0.15) is 0 Å². The van der Waals surface area contributed by atoms with Gasteiger partial charge in [0, 0.05) is 24.0 Å². The smallest absolute Gasteiger partial charge is 0.264 e. The minimum Gasteiger partial charge on any atom is -0.384 e. The highest BCUT2D eigenvalue weighted by Crippen LogP contribution is 3.20. The zero-order valence-corrected chi connectivity index (χ0v) is 9.20. The molecule has 1 spiro atoms. The van der Waals surface area contributed by atoms with E-state index in [0.717, 1.165) is 18.2 Å². The summed E-state index contributed by atoms with van der Waals surface area (Å²) in [6.07, 6.45) is 0. The number of ether oxygens (including phenoxy) is 1. The molecule has 4 heteroatoms. The summed E-state index contributed by atoms with van der Waals surface area (Å²) in [5.74, 6) is 1.38. The quantitative estimate of drug-likeness (QED) is 0.778. The molecule has 0 bridgehead atoms. The van der Waals surface area contributed by atoms with E-state index in [1.165, 1.54) is 5.56 Å². The molecular formula is C12H12N2O2. The number of fused-ring (bicyclic) bond motifs is 6. The zero-order chi connectivity index (χ0) is 10.9. The van der Waals surface area contributed by atoms with Gasteiger partial charge in [0.25, 0.3) is 5.56 Å². The van der Waals surface area contributed by atoms with E-state index >= 15 is 0 Å². The molecule has 4 aliphatic carbocycles. The maximum atomic E-state index is 11.3. The van der Waals surface area contributed by atoms with Crippen LogP contribution in [0, 0.1) is 16.7 Å². The van der Waals surface area contributed by atoms with E-state index in [1.54, 1.807) is 13.2 Å². The summed E-state index contributed by atoms with van der Waals surface area (Å²) in [4.78, 5) is 11.3. The van der Waals surface area contributed by atoms with Crippen LogP contribution >= 0.6 is 0 Å². The molecule has 5 unspecified atom stereocenters. The second kappa shape index (κ2) is 1.68. The van der Waals surface area contributed by atoms with Gasteiger partial charge in [0.15, 0.2) is 0 Å². The predicted molar refractivity (Wildman–Crippen MR) is 55.2 cm³/mol. The maximum Gasteiger partial charge on any atom is 0.264 e. The van der Waals surface area contributed by atoms with Gasteiger partial charge in [0.05, 0.1) is 12.3 Å². The third-order valence-electron chi connectivity index (χ3n) is 5.93. The molecule has 0 radical (unpaired) electrons. The fourth-order valence-electron chi connectivity index (χ4n) is 5.70. The highest BCUT2D eigenvalue weighted by Gasteiger charge is 3.19. The molecule has 1 heterocycles. The molecule has 0 aliphatic heterocycles. The zero-order valence-electron chi connectivity index (χ0n) is 9.20. The van der Waals surface area contributed by atoms with Crippen LogP contribution in [-0.4, -0.2) is 23.9 Å². The van der Waals surface area contributed by atoms with Crippen LogP contribution in [0.2, 0.25) is 0 Å². The third-order valence-corrected chi connectivity index (χ3v) is 5.93. The summed E-state index contributed by atoms with van der Waals surface area (Å²) in [6, 6.07) is 1.75. The number of hydrogen-bond acceptors (Lipinski definition) is 3. The first-order valence-corrected chi connectivity index (χ1v) is 5.76. The third kappa shape index (κ3) is 0.391. The highest BCUT2D eigenvalue weighted by molar-refractivity contribution is 5.79. The number of methoxy groups -OCH3 is 1. The first-order valence-electron chi connectivity index (χ1n) is 5.76. The summed E-state index contributed by atoms with van der Waals surface area (Å²) in [7, 11) is 1.75. The van der Waals surface area contributed by atoms with Crippen molar-refractivity contribution in [3.63, 3.8) is 0 Å². The van der Waals surface area contributed by atoms with Crippen molar-refractivity contribution in [1.82, 2.24) is 10.2 Å². The van der Waals surface area contributed by atoms with E-state index in [0.29, 0.717) is 16.7 Å². The van der Waals surface area contributed by atoms with Gasteiger partial charge in [-0.3, -0.25) is 4.79 Å². The van der Waals surface area contributed by atoms with Crippen LogP contribution in [0.3, 0.4) is 0 Å². The molecule has 0 aromatic carbocycles. The molecule has 1 aromatic rings. The molecule has 4 aliphatic rings. The second-order valence-corrected chi connectivity index (χ2v) is 5.96. The fourth-order valence-corrected chi connectivity index (χ4v) is 5.70. The molecule has 0 saturated heterocycles. The van der Waals surface area contributed by atoms with Gasteiger partial charge >= 0.3 is 0 Å². The van der Waals surface area contributed by atoms with E-state index in [1.807, 2.05) is 0 Å². The van der Waals surface area contributed by atoms with Crippen LogP contribution in [0.4, 0.5) is 0 Å². The first kappa shape index (κ1) is 8.01. The van der Waals surface area contributed by atoms with Gasteiger partial charge in [-0.1, -0.05) is 6.92 Å². The van der Waals surface area contributed by atoms with Crippen LogP contribution in [0.25, 0.3) is 0 Å². The number of hydrogen-bond donors (Lipinski definition) is 1. The average Bonchev–Trinajstić information content (AvgIpc) is 3.09. The van der Waals surface area contributed by atoms with Crippen LogP contribution in [0.15, 0.2) is 10.9 Å². The largest absolute Gasteiger partial charge is 0.384 e. The van der Waals surface area contributed by atoms with Gasteiger partial charge in [-0.05, 0) is 22.8 Å². The number of nitrogens with zero attached hydrogens (tertiary/aromatic N) is 1. The standard InChI is InChI=1S/C12H12N2O2/c1-10-7-5-3-6(15)13-14-8(5)11(4-16-2)9(10)12(7,10)11/h3,7,9H,4H2,1-2H3,(H,13,15). The minimum atomic E-state index is -0.0736. The van der Waals surface area contributed by atoms with Crippen molar-refractivity contribution in [2.24, 2.45) is 16.7 Å². The number of aromatic amines is 1. The molecular weight excluding hydrogens is 204 g/mol. The van der Waals surface area contributed by atoms with E-state index in [4.69, 9.17) is 4.74 Å². The topological polar surface area (TPSA) is 55.0 Å². The highest BCUT2D eigenvalue weighted by atomic mass is 16.5. The van der Waals surface area contributed by atoms with Crippen molar-refractivity contribution in [3.8, 4) is 0 Å². The van der Waals surface area contributed by atoms with E-state index in [9.17, 15) is 4.79 Å². The van der Waals surface area contributed by atoms with E-state index in [-0.39, 0.29) is 11.0 Å². The van der Waals surface area contributed by atoms with Crippen molar-refractivity contribution >= 4 is 0 Å². The van der Waals surface area contributed by atoms with Gasteiger partial charge in [-0.25, -0.2) is 5.10 Å². The maximum absolute atomic E-state index is 11.3. The van der Waals surface area contributed by atoms with Crippen LogP contribution in [0.1, 0.15) is 24.1 Å². The Morgan fingerprint density at radius 1 is 1.62 bits per heavy atom. The molecule has 5 atom stereocenters. The Labute approximate surface area is 92.0 Å². The Hall–Kier alpha value is -1.16. The Balaban J connectivity index is 1.79. The Morgan fingerprint density at radius 2 is 2.44 bits per heavy atom. The first-order chi connectivity index (χ1) is 7.67. The van der Waals surface area contributed by atoms with Gasteiger partial charge in [-0.2, -0.15) is 5.10 Å². The number of nitrogens with one attached hydrogen (secondary N) is 1. The lowest BCUT2D eigenvalue weighted by Gasteiger charge is -2.27. The Morgan fingerprint density at radius 3 is 3.19 bits per heavy atom. The van der Waals surface area contributed by atoms with Crippen LogP contribution in [0.5, 0.6) is 0 Å². The molecule has 4 nitrogen and oxygen atoms in total. The predicted octanol–water partition coefficient (Wildman–Crippen LogP) is 0.401. The van der Waals surface area contributed by atoms with Gasteiger partial charge in [0.2, 0.25) is 0 Å². The summed E-state index contributed by atoms with van der Waals surface area (Å²) in [6.45, 7) is 3.11. The molecule has 0 amide bonds. The van der Waals surface area contributed by atoms with Crippen LogP contribution < -0.4 is 5.56 Å². The van der Waals surface area contributed by atoms with Crippen molar-refractivity contribution < 1.29 is 4.74 Å². The number of aromatic nitrogens is 2. The molecule has 1 aromatic heterocycles. The normalized spacial score (nSPS) is 56.4. The average molecular weight is 216 g/mol. The fraction of sp³-hybridized carbons (Fsp3) is 0.667. The summed E-state index contributed by atoms with van der Waals surface area (Å²) >= 11 is 0. The van der Waals surface area contributed by atoms with Crippen molar-refractivity contribution in [3.05, 3.63) is 27.7 Å². The molecule has 5 rings (SSSR count). The number of H-pyrrole nitrogens is 1. The lowest BCUT2D eigenvalue weighted by atomic mass is 9.79. The van der Waals surface area contributed by atoms with Gasteiger partial charge in [-0.15, -0.1) is 0 Å². The van der Waals surface area contributed by atoms with E-state index in [2.05, 4.69) is 17.1 Å². The summed E-state index contributed by atoms with van der Waals surface area (Å²) < 4.78 is 5.38. The second-order valence-electron chi connectivity index (χ2n) is 5.96. The lowest BCUT2D eigenvalue weighted by molar-refractivity contribution is 0.136. The van der Waals surface area contributed by atoms with Crippen molar-refractivity contribution in [2.45, 2.75) is 18.3 Å². The monoisotopic (exact) mass is 216 g/mol.